The summed E-state index contributed by atoms with van der Waals surface area (Å²) < 4.78 is 10.5. The van der Waals surface area contributed by atoms with Crippen molar-refractivity contribution in [2.75, 3.05) is 7.11 Å². The van der Waals surface area contributed by atoms with E-state index in [0.29, 0.717) is 12.8 Å². The average Bonchev–Trinajstić information content (AvgIpc) is 2.97. The van der Waals surface area contributed by atoms with Crippen LogP contribution in [0.3, 0.4) is 0 Å². The van der Waals surface area contributed by atoms with Crippen LogP contribution in [0.4, 0.5) is 0 Å². The summed E-state index contributed by atoms with van der Waals surface area (Å²) in [5.41, 5.74) is 0.980. The van der Waals surface area contributed by atoms with E-state index in [9.17, 15) is 30.6 Å². The van der Waals surface area contributed by atoms with Crippen LogP contribution in [0.15, 0.2) is 36.4 Å². The summed E-state index contributed by atoms with van der Waals surface area (Å²) in [5.74, 6) is -3.22. The predicted octanol–water partition coefficient (Wildman–Crippen LogP) is 1.32. The third-order valence-electron chi connectivity index (χ3n) is 5.01. The van der Waals surface area contributed by atoms with Gasteiger partial charge in [0.15, 0.2) is 11.5 Å². The summed E-state index contributed by atoms with van der Waals surface area (Å²) in [5, 5.41) is 60.5. The number of benzene rings is 2. The van der Waals surface area contributed by atoms with Crippen molar-refractivity contribution in [1.82, 2.24) is 0 Å². The van der Waals surface area contributed by atoms with Crippen LogP contribution in [0.1, 0.15) is 30.1 Å². The summed E-state index contributed by atoms with van der Waals surface area (Å²) in [4.78, 5) is 0. The molecule has 3 rings (SSSR count). The fourth-order valence-electron chi connectivity index (χ4n) is 3.39. The van der Waals surface area contributed by atoms with Gasteiger partial charge in [-0.15, -0.1) is 0 Å². The first-order valence-corrected chi connectivity index (χ1v) is 8.88. The number of ether oxygens (including phenoxy) is 2. The number of aliphatic hydroxyl groups excluding tert-OH is 2. The molecule has 0 aromatic heterocycles. The lowest BCUT2D eigenvalue weighted by Gasteiger charge is -2.31. The topological polar surface area (TPSA) is 140 Å². The van der Waals surface area contributed by atoms with E-state index in [1.54, 1.807) is 24.3 Å². The Bertz CT molecular complexity index is 822. The quantitative estimate of drug-likeness (QED) is 0.405. The first-order chi connectivity index (χ1) is 13.2. The summed E-state index contributed by atoms with van der Waals surface area (Å²) >= 11 is 0. The monoisotopic (exact) mass is 392 g/mol. The Morgan fingerprint density at radius 2 is 1.86 bits per heavy atom. The van der Waals surface area contributed by atoms with Gasteiger partial charge in [-0.05, 0) is 48.2 Å². The van der Waals surface area contributed by atoms with Gasteiger partial charge in [0, 0.05) is 6.42 Å². The molecule has 1 aliphatic heterocycles. The number of hydrogen-bond donors (Lipinski definition) is 6. The molecule has 8 heteroatoms. The first-order valence-electron chi connectivity index (χ1n) is 8.88. The maximum Gasteiger partial charge on any atom is 0.223 e. The van der Waals surface area contributed by atoms with Crippen LogP contribution in [-0.2, 0) is 11.2 Å². The standard InChI is InChI=1S/C20H24O8/c1-27-16-9-12(8-15(22)18(16)24)19(25)20(26)17(23)10-14(28-20)7-4-11-2-5-13(21)6-3-11/h2-3,5-6,8-9,14,17,19,21-26H,4,7,10H2,1H3/t14-,17-,19-,20-/m0/s1. The van der Waals surface area contributed by atoms with E-state index in [1.807, 2.05) is 0 Å². The highest BCUT2D eigenvalue weighted by Crippen LogP contribution is 2.44. The van der Waals surface area contributed by atoms with Gasteiger partial charge in [0.05, 0.1) is 13.2 Å². The molecule has 28 heavy (non-hydrogen) atoms. The van der Waals surface area contributed by atoms with Crippen LogP contribution in [0.25, 0.3) is 0 Å². The molecule has 1 fully saturated rings. The van der Waals surface area contributed by atoms with Gasteiger partial charge >= 0.3 is 0 Å². The Kier molecular flexibility index (Phi) is 5.66. The van der Waals surface area contributed by atoms with Crippen molar-refractivity contribution in [2.45, 2.75) is 43.4 Å². The minimum atomic E-state index is -2.27. The van der Waals surface area contributed by atoms with Gasteiger partial charge in [-0.1, -0.05) is 12.1 Å². The zero-order chi connectivity index (χ0) is 20.5. The van der Waals surface area contributed by atoms with Crippen LogP contribution >= 0.6 is 0 Å². The van der Waals surface area contributed by atoms with Crippen LogP contribution < -0.4 is 4.74 Å². The summed E-state index contributed by atoms with van der Waals surface area (Å²) in [6, 6.07) is 9.01. The van der Waals surface area contributed by atoms with Crippen molar-refractivity contribution in [2.24, 2.45) is 0 Å². The summed E-state index contributed by atoms with van der Waals surface area (Å²) in [6.07, 6.45) is -2.34. The number of aliphatic hydroxyl groups is 3. The molecular weight excluding hydrogens is 368 g/mol. The third kappa shape index (κ3) is 3.85. The molecule has 1 heterocycles. The van der Waals surface area contributed by atoms with E-state index < -0.39 is 35.6 Å². The fourth-order valence-corrected chi connectivity index (χ4v) is 3.39. The van der Waals surface area contributed by atoms with Crippen molar-refractivity contribution in [3.63, 3.8) is 0 Å². The van der Waals surface area contributed by atoms with E-state index in [1.165, 1.54) is 13.2 Å². The molecule has 8 nitrogen and oxygen atoms in total. The van der Waals surface area contributed by atoms with Crippen molar-refractivity contribution >= 4 is 0 Å². The minimum absolute atomic E-state index is 0.0212. The molecule has 0 amide bonds. The minimum Gasteiger partial charge on any atom is -0.508 e. The maximum absolute atomic E-state index is 10.8. The number of rotatable bonds is 6. The third-order valence-corrected chi connectivity index (χ3v) is 5.01. The molecule has 0 radical (unpaired) electrons. The molecule has 0 bridgehead atoms. The Morgan fingerprint density at radius 3 is 2.50 bits per heavy atom. The van der Waals surface area contributed by atoms with Crippen LogP contribution in [0, 0.1) is 0 Å². The molecule has 152 valence electrons. The van der Waals surface area contributed by atoms with Gasteiger partial charge in [-0.2, -0.15) is 0 Å². The van der Waals surface area contributed by atoms with Crippen LogP contribution in [0.2, 0.25) is 0 Å². The van der Waals surface area contributed by atoms with E-state index >= 15 is 0 Å². The predicted molar refractivity (Wildman–Crippen MR) is 98.2 cm³/mol. The van der Waals surface area contributed by atoms with Gasteiger partial charge < -0.3 is 40.1 Å². The van der Waals surface area contributed by atoms with Gasteiger partial charge in [-0.25, -0.2) is 0 Å². The molecule has 0 saturated carbocycles. The van der Waals surface area contributed by atoms with Crippen molar-refractivity contribution in [1.29, 1.82) is 0 Å². The van der Waals surface area contributed by atoms with Crippen LogP contribution in [0.5, 0.6) is 23.0 Å². The van der Waals surface area contributed by atoms with Gasteiger partial charge in [0.1, 0.15) is 18.0 Å². The molecule has 0 unspecified atom stereocenters. The molecule has 4 atom stereocenters. The Hall–Kier alpha value is -2.52. The number of phenols is 3. The lowest BCUT2D eigenvalue weighted by Crippen LogP contribution is -2.45. The van der Waals surface area contributed by atoms with E-state index in [4.69, 9.17) is 9.47 Å². The molecule has 6 N–H and O–H groups in total. The van der Waals surface area contributed by atoms with Crippen molar-refractivity contribution < 1.29 is 40.1 Å². The first kappa shape index (κ1) is 20.2. The Morgan fingerprint density at radius 1 is 1.18 bits per heavy atom. The van der Waals surface area contributed by atoms with E-state index in [-0.39, 0.29) is 23.5 Å². The summed E-state index contributed by atoms with van der Waals surface area (Å²) in [6.45, 7) is 0. The number of phenolic OH excluding ortho intramolecular Hbond substituents is 3. The highest BCUT2D eigenvalue weighted by Gasteiger charge is 2.52. The molecule has 1 aliphatic rings. The molecule has 2 aromatic carbocycles. The SMILES string of the molecule is COc1cc([C@H](O)[C@@]2(O)O[C@@H](CCc3ccc(O)cc3)C[C@@H]2O)cc(O)c1O. The zero-order valence-corrected chi connectivity index (χ0v) is 15.3. The van der Waals surface area contributed by atoms with Gasteiger partial charge in [0.25, 0.3) is 0 Å². The Labute approximate surface area is 161 Å². The molecule has 0 spiro atoms. The fraction of sp³-hybridized carbons (Fsp3) is 0.400. The molecule has 0 aliphatic carbocycles. The lowest BCUT2D eigenvalue weighted by molar-refractivity contribution is -0.278. The van der Waals surface area contributed by atoms with E-state index in [0.717, 1.165) is 11.6 Å². The van der Waals surface area contributed by atoms with Crippen molar-refractivity contribution in [3.05, 3.63) is 47.5 Å². The normalized spacial score (nSPS) is 25.6. The number of aryl methyl sites for hydroxylation is 1. The number of methoxy groups -OCH3 is 1. The second-order valence-electron chi connectivity index (χ2n) is 6.94. The highest BCUT2D eigenvalue weighted by molar-refractivity contribution is 5.52. The summed E-state index contributed by atoms with van der Waals surface area (Å²) in [7, 11) is 1.28. The second-order valence-corrected chi connectivity index (χ2v) is 6.94. The van der Waals surface area contributed by atoms with Gasteiger partial charge in [0.2, 0.25) is 11.5 Å². The molecule has 2 aromatic rings. The maximum atomic E-state index is 10.8. The van der Waals surface area contributed by atoms with Crippen LogP contribution in [-0.4, -0.2) is 55.7 Å². The zero-order valence-electron chi connectivity index (χ0n) is 15.3. The van der Waals surface area contributed by atoms with Gasteiger partial charge in [-0.3, -0.25) is 0 Å². The highest BCUT2D eigenvalue weighted by atomic mass is 16.7. The van der Waals surface area contributed by atoms with E-state index in [2.05, 4.69) is 0 Å². The smallest absolute Gasteiger partial charge is 0.223 e. The molecular formula is C20H24O8. The lowest BCUT2D eigenvalue weighted by atomic mass is 9.95. The second kappa shape index (κ2) is 7.84. The average molecular weight is 392 g/mol. The number of hydrogen-bond acceptors (Lipinski definition) is 8. The van der Waals surface area contributed by atoms with Crippen molar-refractivity contribution in [3.8, 4) is 23.0 Å². The number of aromatic hydroxyl groups is 3. The Balaban J connectivity index is 1.72. The molecule has 1 saturated heterocycles. The largest absolute Gasteiger partial charge is 0.508 e.